The zero-order valence-corrected chi connectivity index (χ0v) is 16.9. The van der Waals surface area contributed by atoms with Gasteiger partial charge in [-0.05, 0) is 44.2 Å². The Kier molecular flexibility index (Phi) is 4.50. The van der Waals surface area contributed by atoms with E-state index in [2.05, 4.69) is 19.8 Å². The zero-order chi connectivity index (χ0) is 19.1. The highest BCUT2D eigenvalue weighted by Gasteiger charge is 2.26. The molecule has 0 amide bonds. The Hall–Kier alpha value is -2.48. The predicted octanol–water partition coefficient (Wildman–Crippen LogP) is 2.47. The molecule has 28 heavy (non-hydrogen) atoms. The molecule has 1 fully saturated rings. The van der Waals surface area contributed by atoms with Crippen molar-refractivity contribution in [1.82, 2.24) is 19.5 Å². The Morgan fingerprint density at radius 2 is 1.75 bits per heavy atom. The van der Waals surface area contributed by atoms with Crippen LogP contribution >= 0.6 is 11.3 Å². The number of thiophene rings is 1. The highest BCUT2D eigenvalue weighted by Crippen LogP contribution is 2.34. The number of aromatic nitrogens is 4. The molecule has 146 valence electrons. The fraction of sp³-hybridized carbons (Fsp3) is 0.500. The van der Waals surface area contributed by atoms with Crippen LogP contribution < -0.4 is 15.4 Å². The van der Waals surface area contributed by atoms with E-state index in [0.29, 0.717) is 6.54 Å². The van der Waals surface area contributed by atoms with Crippen LogP contribution in [0.25, 0.3) is 10.2 Å². The highest BCUT2D eigenvalue weighted by atomic mass is 32.1. The minimum atomic E-state index is 0.135. The van der Waals surface area contributed by atoms with Gasteiger partial charge in [0.15, 0.2) is 0 Å². The van der Waals surface area contributed by atoms with Crippen LogP contribution in [0.1, 0.15) is 30.2 Å². The molecule has 0 saturated carbocycles. The van der Waals surface area contributed by atoms with Crippen LogP contribution in [0.2, 0.25) is 0 Å². The van der Waals surface area contributed by atoms with Gasteiger partial charge in [-0.25, -0.2) is 15.0 Å². The monoisotopic (exact) mass is 396 g/mol. The van der Waals surface area contributed by atoms with Crippen LogP contribution in [0.3, 0.4) is 0 Å². The Morgan fingerprint density at radius 1 is 1.04 bits per heavy atom. The lowest BCUT2D eigenvalue weighted by molar-refractivity contribution is 0.598. The fourth-order valence-electron chi connectivity index (χ4n) is 4.32. The molecule has 3 aromatic rings. The topological polar surface area (TPSA) is 67.2 Å². The summed E-state index contributed by atoms with van der Waals surface area (Å²) in [5, 5.41) is 0.877. The average Bonchev–Trinajstić information content (AvgIpc) is 3.13. The van der Waals surface area contributed by atoms with Crippen molar-refractivity contribution in [2.45, 2.75) is 39.2 Å². The Balaban J connectivity index is 1.48. The molecule has 3 aromatic heterocycles. The molecule has 5 rings (SSSR count). The van der Waals surface area contributed by atoms with E-state index in [0.717, 1.165) is 61.1 Å². The third-order valence-electron chi connectivity index (χ3n) is 5.77. The third kappa shape index (κ3) is 2.87. The van der Waals surface area contributed by atoms with Gasteiger partial charge in [0.25, 0.3) is 5.56 Å². The summed E-state index contributed by atoms with van der Waals surface area (Å²) in [6.45, 7) is 5.93. The van der Waals surface area contributed by atoms with Gasteiger partial charge >= 0.3 is 0 Å². The molecule has 0 N–H and O–H groups in total. The van der Waals surface area contributed by atoms with Crippen molar-refractivity contribution in [2.24, 2.45) is 0 Å². The van der Waals surface area contributed by atoms with E-state index >= 15 is 0 Å². The SMILES string of the molecule is CCn1c(N2CCN(c3ncccn3)CC2)nc2sc3c(c2c1=O)CCCC3. The molecule has 8 heteroatoms. The Bertz CT molecular complexity index is 1050. The quantitative estimate of drug-likeness (QED) is 0.678. The van der Waals surface area contributed by atoms with Gasteiger partial charge in [-0.2, -0.15) is 0 Å². The summed E-state index contributed by atoms with van der Waals surface area (Å²) in [5.74, 6) is 1.58. The molecule has 0 spiro atoms. The molecule has 0 atom stereocenters. The maximum Gasteiger partial charge on any atom is 0.263 e. The normalized spacial score (nSPS) is 17.2. The van der Waals surface area contributed by atoms with Crippen molar-refractivity contribution in [3.8, 4) is 0 Å². The van der Waals surface area contributed by atoms with Crippen LogP contribution in [0.5, 0.6) is 0 Å². The molecule has 0 unspecified atom stereocenters. The number of anilines is 2. The van der Waals surface area contributed by atoms with Crippen molar-refractivity contribution < 1.29 is 0 Å². The van der Waals surface area contributed by atoms with Gasteiger partial charge in [-0.1, -0.05) is 0 Å². The molecule has 1 saturated heterocycles. The second-order valence-corrected chi connectivity index (χ2v) is 8.46. The van der Waals surface area contributed by atoms with Gasteiger partial charge in [0.05, 0.1) is 5.39 Å². The molecular weight excluding hydrogens is 372 g/mol. The summed E-state index contributed by atoms with van der Waals surface area (Å²) in [4.78, 5) is 33.7. The molecule has 0 radical (unpaired) electrons. The minimum absolute atomic E-state index is 0.135. The van der Waals surface area contributed by atoms with E-state index < -0.39 is 0 Å². The average molecular weight is 397 g/mol. The lowest BCUT2D eigenvalue weighted by Crippen LogP contribution is -2.49. The van der Waals surface area contributed by atoms with Gasteiger partial charge in [0.1, 0.15) is 4.83 Å². The lowest BCUT2D eigenvalue weighted by atomic mass is 9.97. The van der Waals surface area contributed by atoms with Gasteiger partial charge in [0, 0.05) is 50.0 Å². The summed E-state index contributed by atoms with van der Waals surface area (Å²) in [5.41, 5.74) is 1.40. The Morgan fingerprint density at radius 3 is 2.50 bits per heavy atom. The van der Waals surface area contributed by atoms with Crippen LogP contribution in [-0.4, -0.2) is 45.7 Å². The molecule has 7 nitrogen and oxygen atoms in total. The third-order valence-corrected chi connectivity index (χ3v) is 6.95. The number of nitrogens with zero attached hydrogens (tertiary/aromatic N) is 6. The van der Waals surface area contributed by atoms with Gasteiger partial charge in [-0.15, -0.1) is 11.3 Å². The molecule has 2 aliphatic rings. The first-order valence-corrected chi connectivity index (χ1v) is 10.9. The van der Waals surface area contributed by atoms with Crippen LogP contribution in [-0.2, 0) is 19.4 Å². The van der Waals surface area contributed by atoms with E-state index in [1.165, 1.54) is 23.3 Å². The van der Waals surface area contributed by atoms with E-state index in [1.807, 2.05) is 17.6 Å². The number of piperazine rings is 1. The van der Waals surface area contributed by atoms with Crippen LogP contribution in [0.15, 0.2) is 23.3 Å². The van der Waals surface area contributed by atoms with Crippen molar-refractivity contribution in [2.75, 3.05) is 36.0 Å². The lowest BCUT2D eigenvalue weighted by Gasteiger charge is -2.36. The van der Waals surface area contributed by atoms with Gasteiger partial charge < -0.3 is 9.80 Å². The second-order valence-electron chi connectivity index (χ2n) is 7.38. The van der Waals surface area contributed by atoms with Crippen LogP contribution in [0.4, 0.5) is 11.9 Å². The smallest absolute Gasteiger partial charge is 0.263 e. The molecule has 0 bridgehead atoms. The fourth-order valence-corrected chi connectivity index (χ4v) is 5.56. The number of hydrogen-bond acceptors (Lipinski definition) is 7. The summed E-state index contributed by atoms with van der Waals surface area (Å²) in [7, 11) is 0. The standard InChI is InChI=1S/C20H24N6OS/c1-2-26-18(27)16-14-6-3-4-7-15(14)28-17(16)23-20(26)25-12-10-24(11-13-25)19-21-8-5-9-22-19/h5,8-9H,2-4,6-7,10-13H2,1H3. The summed E-state index contributed by atoms with van der Waals surface area (Å²) < 4.78 is 1.86. The van der Waals surface area contributed by atoms with Gasteiger partial charge in [-0.3, -0.25) is 9.36 Å². The number of fused-ring (bicyclic) bond motifs is 3. The summed E-state index contributed by atoms with van der Waals surface area (Å²) >= 11 is 1.73. The minimum Gasteiger partial charge on any atom is -0.339 e. The van der Waals surface area contributed by atoms with Crippen molar-refractivity contribution in [1.29, 1.82) is 0 Å². The van der Waals surface area contributed by atoms with Crippen molar-refractivity contribution >= 4 is 33.5 Å². The summed E-state index contributed by atoms with van der Waals surface area (Å²) in [6, 6.07) is 1.83. The maximum atomic E-state index is 13.3. The molecule has 4 heterocycles. The first-order valence-electron chi connectivity index (χ1n) is 10.1. The first kappa shape index (κ1) is 17.6. The molecule has 1 aliphatic heterocycles. The van der Waals surface area contributed by atoms with E-state index in [1.54, 1.807) is 23.7 Å². The number of aryl methyl sites for hydroxylation is 2. The van der Waals surface area contributed by atoms with Gasteiger partial charge in [0.2, 0.25) is 11.9 Å². The number of rotatable bonds is 3. The van der Waals surface area contributed by atoms with E-state index in [-0.39, 0.29) is 5.56 Å². The zero-order valence-electron chi connectivity index (χ0n) is 16.1. The second kappa shape index (κ2) is 7.16. The summed E-state index contributed by atoms with van der Waals surface area (Å²) in [6.07, 6.45) is 8.06. The van der Waals surface area contributed by atoms with E-state index in [4.69, 9.17) is 4.98 Å². The van der Waals surface area contributed by atoms with Crippen LogP contribution in [0, 0.1) is 0 Å². The number of hydrogen-bond donors (Lipinski definition) is 0. The molecule has 1 aliphatic carbocycles. The maximum absolute atomic E-state index is 13.3. The largest absolute Gasteiger partial charge is 0.339 e. The molecular formula is C20H24N6OS. The van der Waals surface area contributed by atoms with Crippen molar-refractivity contribution in [3.63, 3.8) is 0 Å². The predicted molar refractivity (Wildman–Crippen MR) is 113 cm³/mol. The van der Waals surface area contributed by atoms with Crippen molar-refractivity contribution in [3.05, 3.63) is 39.3 Å². The van der Waals surface area contributed by atoms with E-state index in [9.17, 15) is 4.79 Å². The molecule has 0 aromatic carbocycles. The highest BCUT2D eigenvalue weighted by molar-refractivity contribution is 7.18. The first-order chi connectivity index (χ1) is 13.8. The Labute approximate surface area is 167 Å².